The molecule has 130 valence electrons. The molecule has 0 aromatic heterocycles. The van der Waals surface area contributed by atoms with E-state index in [0.717, 1.165) is 0 Å². The Hall–Kier alpha value is -2.80. The lowest BCUT2D eigenvalue weighted by Crippen LogP contribution is -2.16. The van der Waals surface area contributed by atoms with Gasteiger partial charge in [-0.2, -0.15) is 0 Å². The van der Waals surface area contributed by atoms with Gasteiger partial charge in [-0.25, -0.2) is 13.2 Å². The highest BCUT2D eigenvalue weighted by atomic mass is 32.2. The number of rotatable bonds is 5. The summed E-state index contributed by atoms with van der Waals surface area (Å²) in [5, 5.41) is 0. The summed E-state index contributed by atoms with van der Waals surface area (Å²) in [6.45, 7) is 1.79. The van der Waals surface area contributed by atoms with Gasteiger partial charge in [-0.3, -0.25) is 0 Å². The van der Waals surface area contributed by atoms with E-state index in [1.807, 2.05) is 0 Å². The van der Waals surface area contributed by atoms with Crippen LogP contribution in [0.5, 0.6) is 11.5 Å². The highest BCUT2D eigenvalue weighted by molar-refractivity contribution is 7.96. The standard InChI is InChI=1S/C18H16O6S/c1-2-22-18(19)17(25(20,21)14-6-4-3-5-7-14)11-13-8-9-15-16(10-13)24-12-23-15/h3-11H,2,12H2,1H3/b17-11-. The first-order valence-electron chi connectivity index (χ1n) is 7.61. The van der Waals surface area contributed by atoms with Gasteiger partial charge in [0.05, 0.1) is 11.5 Å². The Balaban J connectivity index is 2.08. The maximum absolute atomic E-state index is 12.9. The number of sulfone groups is 1. The predicted molar refractivity (Wildman–Crippen MR) is 90.8 cm³/mol. The zero-order valence-electron chi connectivity index (χ0n) is 13.5. The molecule has 0 unspecified atom stereocenters. The summed E-state index contributed by atoms with van der Waals surface area (Å²) in [6, 6.07) is 12.7. The molecule has 3 rings (SSSR count). The van der Waals surface area contributed by atoms with Crippen LogP contribution in [-0.4, -0.2) is 27.8 Å². The first-order valence-corrected chi connectivity index (χ1v) is 9.09. The van der Waals surface area contributed by atoms with Crippen LogP contribution >= 0.6 is 0 Å². The van der Waals surface area contributed by atoms with E-state index < -0.39 is 20.7 Å². The predicted octanol–water partition coefficient (Wildman–Crippen LogP) is 2.79. The molecule has 0 amide bonds. The van der Waals surface area contributed by atoms with Crippen LogP contribution in [0.4, 0.5) is 0 Å². The molecule has 0 atom stereocenters. The van der Waals surface area contributed by atoms with Crippen LogP contribution in [-0.2, 0) is 19.4 Å². The molecule has 6 nitrogen and oxygen atoms in total. The van der Waals surface area contributed by atoms with Crippen LogP contribution in [0, 0.1) is 0 Å². The van der Waals surface area contributed by atoms with Crippen molar-refractivity contribution in [2.45, 2.75) is 11.8 Å². The van der Waals surface area contributed by atoms with Crippen molar-refractivity contribution in [1.29, 1.82) is 0 Å². The fourth-order valence-corrected chi connectivity index (χ4v) is 3.67. The first kappa shape index (κ1) is 17.0. The molecule has 1 heterocycles. The van der Waals surface area contributed by atoms with E-state index in [-0.39, 0.29) is 18.3 Å². The van der Waals surface area contributed by atoms with Crippen LogP contribution in [0.1, 0.15) is 12.5 Å². The van der Waals surface area contributed by atoms with Gasteiger partial charge in [0.25, 0.3) is 0 Å². The van der Waals surface area contributed by atoms with Crippen molar-refractivity contribution in [2.75, 3.05) is 13.4 Å². The zero-order valence-corrected chi connectivity index (χ0v) is 14.3. The summed E-state index contributed by atoms with van der Waals surface area (Å²) in [4.78, 5) is 11.9. The first-order chi connectivity index (χ1) is 12.0. The van der Waals surface area contributed by atoms with Gasteiger partial charge in [0, 0.05) is 0 Å². The van der Waals surface area contributed by atoms with Gasteiger partial charge in [-0.15, -0.1) is 0 Å². The van der Waals surface area contributed by atoms with Crippen LogP contribution in [0.25, 0.3) is 6.08 Å². The number of hydrogen-bond acceptors (Lipinski definition) is 6. The molecule has 0 radical (unpaired) electrons. The third-order valence-electron chi connectivity index (χ3n) is 3.51. The van der Waals surface area contributed by atoms with Crippen molar-refractivity contribution in [3.63, 3.8) is 0 Å². The largest absolute Gasteiger partial charge is 0.462 e. The Labute approximate surface area is 145 Å². The van der Waals surface area contributed by atoms with Crippen molar-refractivity contribution >= 4 is 21.9 Å². The summed E-state index contributed by atoms with van der Waals surface area (Å²) in [6.07, 6.45) is 1.28. The van der Waals surface area contributed by atoms with E-state index >= 15 is 0 Å². The Bertz CT molecular complexity index is 916. The average Bonchev–Trinajstić information content (AvgIpc) is 3.08. The molecule has 0 bridgehead atoms. The Kier molecular flexibility index (Phi) is 4.76. The highest BCUT2D eigenvalue weighted by Gasteiger charge is 2.28. The van der Waals surface area contributed by atoms with Crippen LogP contribution < -0.4 is 9.47 Å². The summed E-state index contributed by atoms with van der Waals surface area (Å²) in [5.74, 6) is 0.166. The van der Waals surface area contributed by atoms with Gasteiger partial charge >= 0.3 is 5.97 Å². The average molecular weight is 360 g/mol. The van der Waals surface area contributed by atoms with E-state index in [2.05, 4.69) is 0 Å². The number of ether oxygens (including phenoxy) is 3. The minimum atomic E-state index is -4.02. The van der Waals surface area contributed by atoms with Crippen LogP contribution in [0.3, 0.4) is 0 Å². The molecule has 0 saturated carbocycles. The van der Waals surface area contributed by atoms with E-state index in [1.165, 1.54) is 18.2 Å². The summed E-state index contributed by atoms with van der Waals surface area (Å²) in [5.41, 5.74) is 0.492. The number of benzene rings is 2. The number of fused-ring (bicyclic) bond motifs is 1. The van der Waals surface area contributed by atoms with E-state index in [4.69, 9.17) is 14.2 Å². The molecule has 1 aliphatic rings. The number of esters is 1. The maximum atomic E-state index is 12.9. The molecule has 0 saturated heterocycles. The lowest BCUT2D eigenvalue weighted by molar-refractivity contribution is -0.137. The van der Waals surface area contributed by atoms with E-state index in [0.29, 0.717) is 17.1 Å². The number of carbonyl (C=O) groups is 1. The van der Waals surface area contributed by atoms with Gasteiger partial charge in [-0.05, 0) is 42.8 Å². The van der Waals surface area contributed by atoms with Gasteiger partial charge in [-0.1, -0.05) is 24.3 Å². The Morgan fingerprint density at radius 2 is 1.84 bits per heavy atom. The van der Waals surface area contributed by atoms with Gasteiger partial charge in [0.15, 0.2) is 16.4 Å². The van der Waals surface area contributed by atoms with Crippen LogP contribution in [0.15, 0.2) is 58.3 Å². The van der Waals surface area contributed by atoms with Crippen molar-refractivity contribution in [1.82, 2.24) is 0 Å². The smallest absolute Gasteiger partial charge is 0.350 e. The fourth-order valence-electron chi connectivity index (χ4n) is 2.33. The number of carbonyl (C=O) groups excluding carboxylic acids is 1. The van der Waals surface area contributed by atoms with Gasteiger partial charge in [0.1, 0.15) is 0 Å². The highest BCUT2D eigenvalue weighted by Crippen LogP contribution is 2.33. The quantitative estimate of drug-likeness (QED) is 0.603. The lowest BCUT2D eigenvalue weighted by Gasteiger charge is -2.09. The molecule has 0 N–H and O–H groups in total. The van der Waals surface area contributed by atoms with Crippen LogP contribution in [0.2, 0.25) is 0 Å². The summed E-state index contributed by atoms with van der Waals surface area (Å²) in [7, 11) is -4.02. The Morgan fingerprint density at radius 3 is 2.56 bits per heavy atom. The molecule has 2 aromatic rings. The topological polar surface area (TPSA) is 78.9 Å². The normalized spacial score (nSPS) is 13.6. The second kappa shape index (κ2) is 6.98. The minimum absolute atomic E-state index is 0.0232. The second-order valence-corrected chi connectivity index (χ2v) is 7.08. The van der Waals surface area contributed by atoms with Crippen molar-refractivity contribution in [2.24, 2.45) is 0 Å². The molecule has 1 aliphatic heterocycles. The molecule has 7 heteroatoms. The second-order valence-electron chi connectivity index (χ2n) is 5.16. The molecular formula is C18H16O6S. The molecule has 25 heavy (non-hydrogen) atoms. The third-order valence-corrected chi connectivity index (χ3v) is 5.27. The van der Waals surface area contributed by atoms with Gasteiger partial charge in [0.2, 0.25) is 16.6 Å². The molecule has 0 fully saturated rings. The summed E-state index contributed by atoms with van der Waals surface area (Å²) < 4.78 is 41.2. The SMILES string of the molecule is CCOC(=O)/C(=C/c1ccc2c(c1)OCO2)S(=O)(=O)c1ccccc1. The maximum Gasteiger partial charge on any atom is 0.350 e. The molecule has 2 aromatic carbocycles. The lowest BCUT2D eigenvalue weighted by atomic mass is 10.2. The minimum Gasteiger partial charge on any atom is -0.462 e. The molecule has 0 spiro atoms. The number of hydrogen-bond donors (Lipinski definition) is 0. The van der Waals surface area contributed by atoms with Crippen molar-refractivity contribution in [3.8, 4) is 11.5 Å². The fraction of sp³-hybridized carbons (Fsp3) is 0.167. The molecular weight excluding hydrogens is 344 g/mol. The Morgan fingerprint density at radius 1 is 1.12 bits per heavy atom. The monoisotopic (exact) mass is 360 g/mol. The van der Waals surface area contributed by atoms with Crippen molar-refractivity contribution < 1.29 is 27.4 Å². The third kappa shape index (κ3) is 3.51. The zero-order chi connectivity index (χ0) is 17.9. The molecule has 0 aliphatic carbocycles. The van der Waals surface area contributed by atoms with Gasteiger partial charge < -0.3 is 14.2 Å². The van der Waals surface area contributed by atoms with Crippen molar-refractivity contribution in [3.05, 3.63) is 59.0 Å². The van der Waals surface area contributed by atoms with E-state index in [9.17, 15) is 13.2 Å². The van der Waals surface area contributed by atoms with E-state index in [1.54, 1.807) is 43.3 Å². The summed E-state index contributed by atoms with van der Waals surface area (Å²) >= 11 is 0.